The Bertz CT molecular complexity index is 460. The Morgan fingerprint density at radius 3 is 1.38 bits per heavy atom. The standard InChI is InChI=1S/C16H26F2O6/c1-9(10(19)22-8)16(11(17)18,12(20)23-14(2,3)4)13(21)24-15(5,6)7/h9,11H,1-8H3. The predicted octanol–water partition coefficient (Wildman–Crippen LogP) is 2.73. The van der Waals surface area contributed by atoms with E-state index in [1.54, 1.807) is 0 Å². The summed E-state index contributed by atoms with van der Waals surface area (Å²) in [6.07, 6.45) is -3.53. The Morgan fingerprint density at radius 2 is 1.17 bits per heavy atom. The van der Waals surface area contributed by atoms with Gasteiger partial charge in [-0.05, 0) is 48.5 Å². The van der Waals surface area contributed by atoms with Gasteiger partial charge in [0.25, 0.3) is 6.43 Å². The van der Waals surface area contributed by atoms with Crippen LogP contribution < -0.4 is 0 Å². The first-order chi connectivity index (χ1) is 10.6. The molecule has 0 spiro atoms. The number of ether oxygens (including phenoxy) is 3. The van der Waals surface area contributed by atoms with Crippen LogP contribution in [0.3, 0.4) is 0 Å². The molecule has 0 saturated carbocycles. The zero-order chi connectivity index (χ0) is 19.5. The second-order valence-electron chi connectivity index (χ2n) is 7.42. The SMILES string of the molecule is COC(=O)C(C)C(C(=O)OC(C)(C)C)(C(=O)OC(C)(C)C)C(F)F. The van der Waals surface area contributed by atoms with E-state index in [4.69, 9.17) is 9.47 Å². The van der Waals surface area contributed by atoms with E-state index < -0.39 is 46.9 Å². The number of methoxy groups -OCH3 is 1. The lowest BCUT2D eigenvalue weighted by atomic mass is 9.75. The van der Waals surface area contributed by atoms with Crippen LogP contribution in [0.1, 0.15) is 48.5 Å². The molecule has 0 radical (unpaired) electrons. The van der Waals surface area contributed by atoms with Crippen molar-refractivity contribution in [3.05, 3.63) is 0 Å². The second kappa shape index (κ2) is 7.44. The van der Waals surface area contributed by atoms with Gasteiger partial charge in [0, 0.05) is 0 Å². The van der Waals surface area contributed by atoms with E-state index in [-0.39, 0.29) is 0 Å². The minimum atomic E-state index is -3.53. The lowest BCUT2D eigenvalue weighted by Gasteiger charge is -2.36. The lowest BCUT2D eigenvalue weighted by Crippen LogP contribution is -2.56. The van der Waals surface area contributed by atoms with Gasteiger partial charge in [-0.2, -0.15) is 0 Å². The highest BCUT2D eigenvalue weighted by Gasteiger charge is 2.64. The fourth-order valence-corrected chi connectivity index (χ4v) is 1.89. The van der Waals surface area contributed by atoms with E-state index in [2.05, 4.69) is 4.74 Å². The molecule has 0 fully saturated rings. The van der Waals surface area contributed by atoms with Crippen molar-refractivity contribution in [3.63, 3.8) is 0 Å². The normalized spacial score (nSPS) is 14.1. The Hall–Kier alpha value is -1.73. The molecular weight excluding hydrogens is 326 g/mol. The van der Waals surface area contributed by atoms with E-state index in [1.807, 2.05) is 0 Å². The highest BCUT2D eigenvalue weighted by Crippen LogP contribution is 2.40. The second-order valence-corrected chi connectivity index (χ2v) is 7.42. The average molecular weight is 352 g/mol. The third-order valence-electron chi connectivity index (χ3n) is 3.06. The summed E-state index contributed by atoms with van der Waals surface area (Å²) in [5.41, 5.74) is -5.40. The number of hydrogen-bond donors (Lipinski definition) is 0. The highest BCUT2D eigenvalue weighted by molar-refractivity contribution is 6.04. The van der Waals surface area contributed by atoms with Crippen LogP contribution in [0.5, 0.6) is 0 Å². The smallest absolute Gasteiger partial charge is 0.330 e. The summed E-state index contributed by atoms with van der Waals surface area (Å²) in [6.45, 7) is 9.75. The van der Waals surface area contributed by atoms with Crippen LogP contribution >= 0.6 is 0 Å². The summed E-state index contributed by atoms with van der Waals surface area (Å²) >= 11 is 0. The van der Waals surface area contributed by atoms with E-state index in [1.165, 1.54) is 41.5 Å². The average Bonchev–Trinajstić information content (AvgIpc) is 2.33. The summed E-state index contributed by atoms with van der Waals surface area (Å²) in [7, 11) is 0.971. The maximum absolute atomic E-state index is 13.9. The topological polar surface area (TPSA) is 78.9 Å². The monoisotopic (exact) mass is 352 g/mol. The first-order valence-corrected chi connectivity index (χ1v) is 7.42. The fourth-order valence-electron chi connectivity index (χ4n) is 1.89. The molecule has 0 heterocycles. The lowest BCUT2D eigenvalue weighted by molar-refractivity contribution is -0.207. The summed E-state index contributed by atoms with van der Waals surface area (Å²) in [6, 6.07) is 0. The Kier molecular flexibility index (Phi) is 6.90. The molecule has 0 bridgehead atoms. The van der Waals surface area contributed by atoms with E-state index in [0.29, 0.717) is 0 Å². The quantitative estimate of drug-likeness (QED) is 0.430. The molecule has 0 aliphatic rings. The van der Waals surface area contributed by atoms with Crippen molar-refractivity contribution in [1.29, 1.82) is 0 Å². The maximum atomic E-state index is 13.9. The third-order valence-corrected chi connectivity index (χ3v) is 3.06. The van der Waals surface area contributed by atoms with Gasteiger partial charge in [-0.15, -0.1) is 0 Å². The molecule has 0 aliphatic heterocycles. The largest absolute Gasteiger partial charge is 0.469 e. The number of carbonyl (C=O) groups is 3. The molecule has 0 aromatic rings. The number of carbonyl (C=O) groups excluding carboxylic acids is 3. The van der Waals surface area contributed by atoms with Gasteiger partial charge in [0.15, 0.2) is 0 Å². The zero-order valence-corrected chi connectivity index (χ0v) is 15.4. The summed E-state index contributed by atoms with van der Waals surface area (Å²) in [4.78, 5) is 36.8. The number of alkyl halides is 2. The third kappa shape index (κ3) is 5.14. The van der Waals surface area contributed by atoms with Crippen molar-refractivity contribution in [2.75, 3.05) is 7.11 Å². The molecule has 0 rings (SSSR count). The minimum absolute atomic E-state index is 0.971. The molecule has 8 heteroatoms. The number of esters is 3. The fraction of sp³-hybridized carbons (Fsp3) is 0.812. The summed E-state index contributed by atoms with van der Waals surface area (Å²) < 4.78 is 42.3. The van der Waals surface area contributed by atoms with Crippen LogP contribution in [-0.2, 0) is 28.6 Å². The first kappa shape index (κ1) is 22.3. The molecule has 0 aromatic heterocycles. The summed E-state index contributed by atoms with van der Waals surface area (Å²) in [5, 5.41) is 0. The van der Waals surface area contributed by atoms with Crippen LogP contribution in [0.4, 0.5) is 8.78 Å². The van der Waals surface area contributed by atoms with Crippen molar-refractivity contribution in [1.82, 2.24) is 0 Å². The molecule has 140 valence electrons. The molecule has 0 amide bonds. The first-order valence-electron chi connectivity index (χ1n) is 7.42. The van der Waals surface area contributed by atoms with E-state index in [9.17, 15) is 23.2 Å². The van der Waals surface area contributed by atoms with Gasteiger partial charge >= 0.3 is 17.9 Å². The van der Waals surface area contributed by atoms with Crippen molar-refractivity contribution < 1.29 is 37.4 Å². The summed E-state index contributed by atoms with van der Waals surface area (Å²) in [5.74, 6) is -6.01. The maximum Gasteiger partial charge on any atom is 0.330 e. The van der Waals surface area contributed by atoms with Crippen LogP contribution in [0.25, 0.3) is 0 Å². The molecule has 0 saturated heterocycles. The Morgan fingerprint density at radius 1 is 0.833 bits per heavy atom. The number of rotatable bonds is 5. The van der Waals surface area contributed by atoms with Crippen molar-refractivity contribution in [2.24, 2.45) is 11.3 Å². The van der Waals surface area contributed by atoms with Crippen LogP contribution in [-0.4, -0.2) is 42.6 Å². The van der Waals surface area contributed by atoms with Gasteiger partial charge < -0.3 is 14.2 Å². The van der Waals surface area contributed by atoms with Crippen molar-refractivity contribution in [3.8, 4) is 0 Å². The van der Waals surface area contributed by atoms with E-state index >= 15 is 0 Å². The van der Waals surface area contributed by atoms with Crippen molar-refractivity contribution in [2.45, 2.75) is 66.1 Å². The molecule has 1 atom stereocenters. The van der Waals surface area contributed by atoms with Crippen LogP contribution in [0.15, 0.2) is 0 Å². The van der Waals surface area contributed by atoms with E-state index in [0.717, 1.165) is 14.0 Å². The molecule has 24 heavy (non-hydrogen) atoms. The Labute approximate surface area is 140 Å². The molecule has 0 aromatic carbocycles. The van der Waals surface area contributed by atoms with Gasteiger partial charge in [0.1, 0.15) is 11.2 Å². The van der Waals surface area contributed by atoms with Gasteiger partial charge in [0.05, 0.1) is 13.0 Å². The highest BCUT2D eigenvalue weighted by atomic mass is 19.3. The minimum Gasteiger partial charge on any atom is -0.469 e. The molecule has 6 nitrogen and oxygen atoms in total. The van der Waals surface area contributed by atoms with Crippen LogP contribution in [0, 0.1) is 11.3 Å². The van der Waals surface area contributed by atoms with Gasteiger partial charge in [-0.3, -0.25) is 14.4 Å². The zero-order valence-electron chi connectivity index (χ0n) is 15.4. The Balaban J connectivity index is 6.24. The number of hydrogen-bond acceptors (Lipinski definition) is 6. The molecule has 1 unspecified atom stereocenters. The molecule has 0 aliphatic carbocycles. The van der Waals surface area contributed by atoms with Gasteiger partial charge in [-0.1, -0.05) is 0 Å². The van der Waals surface area contributed by atoms with Gasteiger partial charge in [0.2, 0.25) is 5.41 Å². The van der Waals surface area contributed by atoms with Crippen LogP contribution in [0.2, 0.25) is 0 Å². The molecular formula is C16H26F2O6. The van der Waals surface area contributed by atoms with Gasteiger partial charge in [-0.25, -0.2) is 8.78 Å². The number of halogens is 2. The molecule has 0 N–H and O–H groups in total. The predicted molar refractivity (Wildman–Crippen MR) is 81.3 cm³/mol. The van der Waals surface area contributed by atoms with Crippen molar-refractivity contribution >= 4 is 17.9 Å².